The van der Waals surface area contributed by atoms with E-state index in [1.807, 2.05) is 19.1 Å². The maximum Gasteiger partial charge on any atom is 0.184 e. The van der Waals surface area contributed by atoms with Gasteiger partial charge in [-0.05, 0) is 43.6 Å². The number of rotatable bonds is 11. The first-order chi connectivity index (χ1) is 14.7. The van der Waals surface area contributed by atoms with Crippen LogP contribution in [-0.2, 0) is 23.7 Å². The lowest BCUT2D eigenvalue weighted by molar-refractivity contribution is -0.256. The number of hydrogen-bond acceptors (Lipinski definition) is 6. The maximum atomic E-state index is 11.1. The number of hydrogen-bond donors (Lipinski definition) is 1. The molecule has 7 atom stereocenters. The van der Waals surface area contributed by atoms with E-state index in [1.54, 1.807) is 28.4 Å². The molecule has 1 saturated heterocycles. The lowest BCUT2D eigenvalue weighted by Gasteiger charge is -2.50. The van der Waals surface area contributed by atoms with Gasteiger partial charge >= 0.3 is 0 Å². The number of aliphatic hydroxyl groups is 1. The summed E-state index contributed by atoms with van der Waals surface area (Å²) in [5, 5.41) is 11.1. The minimum Gasteiger partial charge on any atom is -0.389 e. The molecule has 0 bridgehead atoms. The highest BCUT2D eigenvalue weighted by atomic mass is 16.7. The van der Waals surface area contributed by atoms with Gasteiger partial charge in [-0.3, -0.25) is 0 Å². The van der Waals surface area contributed by atoms with Gasteiger partial charge in [0.2, 0.25) is 0 Å². The van der Waals surface area contributed by atoms with Crippen molar-refractivity contribution < 1.29 is 28.8 Å². The zero-order valence-electron chi connectivity index (χ0n) is 20.7. The van der Waals surface area contributed by atoms with Crippen LogP contribution in [0, 0.1) is 17.8 Å². The smallest absolute Gasteiger partial charge is 0.184 e. The summed E-state index contributed by atoms with van der Waals surface area (Å²) in [6, 6.07) is 0. The summed E-state index contributed by atoms with van der Waals surface area (Å²) in [6.45, 7) is 8.53. The summed E-state index contributed by atoms with van der Waals surface area (Å²) in [5.74, 6) is 1.06. The van der Waals surface area contributed by atoms with Crippen LogP contribution in [-0.4, -0.2) is 69.9 Å². The zero-order valence-corrected chi connectivity index (χ0v) is 20.7. The van der Waals surface area contributed by atoms with Crippen molar-refractivity contribution in [2.24, 2.45) is 17.8 Å². The second-order valence-electron chi connectivity index (χ2n) is 9.34. The van der Waals surface area contributed by atoms with Gasteiger partial charge in [0, 0.05) is 40.8 Å². The Morgan fingerprint density at radius 3 is 2.26 bits per heavy atom. The summed E-state index contributed by atoms with van der Waals surface area (Å²) in [6.07, 6.45) is 8.95. The molecule has 1 aliphatic carbocycles. The zero-order chi connectivity index (χ0) is 23.2. The minimum absolute atomic E-state index is 0.0812. The molecule has 0 aromatic heterocycles. The Kier molecular flexibility index (Phi) is 10.2. The van der Waals surface area contributed by atoms with E-state index in [9.17, 15) is 5.11 Å². The Balaban J connectivity index is 1.95. The average Bonchev–Trinajstić information content (AvgIpc) is 2.76. The Morgan fingerprint density at radius 2 is 1.74 bits per heavy atom. The van der Waals surface area contributed by atoms with Crippen molar-refractivity contribution in [3.63, 3.8) is 0 Å². The molecular formula is C25H44O6. The van der Waals surface area contributed by atoms with E-state index >= 15 is 0 Å². The van der Waals surface area contributed by atoms with Crippen molar-refractivity contribution in [2.75, 3.05) is 28.4 Å². The highest BCUT2D eigenvalue weighted by Crippen LogP contribution is 2.48. The summed E-state index contributed by atoms with van der Waals surface area (Å²) < 4.78 is 28.3. The molecule has 31 heavy (non-hydrogen) atoms. The van der Waals surface area contributed by atoms with Crippen molar-refractivity contribution in [1.82, 2.24) is 0 Å². The average molecular weight is 441 g/mol. The lowest BCUT2D eigenvalue weighted by atomic mass is 9.60. The van der Waals surface area contributed by atoms with Gasteiger partial charge in [0.25, 0.3) is 0 Å². The summed E-state index contributed by atoms with van der Waals surface area (Å²) in [5.41, 5.74) is 0.428. The van der Waals surface area contributed by atoms with Gasteiger partial charge < -0.3 is 28.8 Å². The van der Waals surface area contributed by atoms with Gasteiger partial charge in [0.15, 0.2) is 6.29 Å². The third kappa shape index (κ3) is 6.18. The molecule has 2 fully saturated rings. The SMILES string of the molecule is CC[C@H](OC)[C@@H](C)C1CC(O)([C@@H](C)/C=C/C=C(\C)[C@@H]2O[C@@H](OC)[C@H](OC)C[C@@H]2OC)C1. The predicted molar refractivity (Wildman–Crippen MR) is 122 cm³/mol. The topological polar surface area (TPSA) is 66.4 Å². The van der Waals surface area contributed by atoms with Gasteiger partial charge in [-0.15, -0.1) is 0 Å². The van der Waals surface area contributed by atoms with E-state index in [0.29, 0.717) is 18.3 Å². The summed E-state index contributed by atoms with van der Waals surface area (Å²) in [7, 11) is 6.77. The van der Waals surface area contributed by atoms with Gasteiger partial charge in [0.05, 0.1) is 17.8 Å². The third-order valence-electron chi connectivity index (χ3n) is 7.55. The molecule has 0 aromatic rings. The fraction of sp³-hybridized carbons (Fsp3) is 0.840. The van der Waals surface area contributed by atoms with E-state index in [1.165, 1.54) is 0 Å². The monoisotopic (exact) mass is 440 g/mol. The second-order valence-corrected chi connectivity index (χ2v) is 9.34. The molecule has 0 radical (unpaired) electrons. The standard InChI is InChI=1S/C25H44O6/c1-9-20(27-5)18(4)19-14-25(26,15-19)17(3)12-10-11-16(2)23-21(28-6)13-22(29-7)24(30-8)31-23/h10-12,17-24,26H,9,13-15H2,1-8H3/b12-10+,16-11+/t17-,18-,19?,20-,21-,22+,23-,24+,25?/m0/s1. The molecule has 6 heteroatoms. The lowest BCUT2D eigenvalue weighted by Crippen LogP contribution is -2.52. The molecule has 0 spiro atoms. The van der Waals surface area contributed by atoms with Crippen LogP contribution in [0.3, 0.4) is 0 Å². The first kappa shape index (κ1) is 26.5. The van der Waals surface area contributed by atoms with Crippen LogP contribution in [0.5, 0.6) is 0 Å². The Morgan fingerprint density at radius 1 is 1.10 bits per heavy atom. The van der Waals surface area contributed by atoms with Crippen LogP contribution >= 0.6 is 0 Å². The molecule has 0 amide bonds. The third-order valence-corrected chi connectivity index (χ3v) is 7.55. The van der Waals surface area contributed by atoms with Crippen LogP contribution in [0.4, 0.5) is 0 Å². The molecular weight excluding hydrogens is 396 g/mol. The van der Waals surface area contributed by atoms with Crippen LogP contribution < -0.4 is 0 Å². The van der Waals surface area contributed by atoms with Crippen molar-refractivity contribution in [3.05, 3.63) is 23.8 Å². The van der Waals surface area contributed by atoms with E-state index in [4.69, 9.17) is 23.7 Å². The Hall–Kier alpha value is -0.760. The van der Waals surface area contributed by atoms with Gasteiger partial charge in [-0.1, -0.05) is 39.0 Å². The normalized spacial score (nSPS) is 37.5. The molecule has 1 saturated carbocycles. The highest BCUT2D eigenvalue weighted by molar-refractivity contribution is 5.19. The summed E-state index contributed by atoms with van der Waals surface area (Å²) in [4.78, 5) is 0. The molecule has 6 nitrogen and oxygen atoms in total. The first-order valence-electron chi connectivity index (χ1n) is 11.6. The Bertz CT molecular complexity index is 593. The van der Waals surface area contributed by atoms with Crippen molar-refractivity contribution in [3.8, 4) is 0 Å². The minimum atomic E-state index is -0.632. The molecule has 0 aromatic carbocycles. The van der Waals surface area contributed by atoms with Crippen LogP contribution in [0.15, 0.2) is 23.8 Å². The van der Waals surface area contributed by atoms with Gasteiger partial charge in [0.1, 0.15) is 12.2 Å². The largest absolute Gasteiger partial charge is 0.389 e. The van der Waals surface area contributed by atoms with E-state index < -0.39 is 11.9 Å². The number of methoxy groups -OCH3 is 4. The highest BCUT2D eigenvalue weighted by Gasteiger charge is 2.48. The Labute approximate surface area is 188 Å². The molecule has 180 valence electrons. The number of allylic oxidation sites excluding steroid dienone is 2. The fourth-order valence-corrected chi connectivity index (χ4v) is 5.11. The quantitative estimate of drug-likeness (QED) is 0.488. The van der Waals surface area contributed by atoms with Crippen molar-refractivity contribution in [2.45, 2.75) is 89.7 Å². The molecule has 2 rings (SSSR count). The van der Waals surface area contributed by atoms with Crippen molar-refractivity contribution >= 4 is 0 Å². The number of ether oxygens (including phenoxy) is 5. The molecule has 1 aliphatic heterocycles. The van der Waals surface area contributed by atoms with Crippen LogP contribution in [0.2, 0.25) is 0 Å². The van der Waals surface area contributed by atoms with Gasteiger partial charge in [-0.25, -0.2) is 0 Å². The first-order valence-corrected chi connectivity index (χ1v) is 11.6. The van der Waals surface area contributed by atoms with Gasteiger partial charge in [-0.2, -0.15) is 0 Å². The van der Waals surface area contributed by atoms with Crippen molar-refractivity contribution in [1.29, 1.82) is 0 Å². The summed E-state index contributed by atoms with van der Waals surface area (Å²) >= 11 is 0. The van der Waals surface area contributed by atoms with E-state index in [-0.39, 0.29) is 30.3 Å². The molecule has 2 aliphatic rings. The predicted octanol–water partition coefficient (Wildman–Crippen LogP) is 4.12. The molecule has 1 heterocycles. The second kappa shape index (κ2) is 11.9. The van der Waals surface area contributed by atoms with Crippen LogP contribution in [0.25, 0.3) is 0 Å². The van der Waals surface area contributed by atoms with Crippen LogP contribution in [0.1, 0.15) is 53.4 Å². The molecule has 1 N–H and O–H groups in total. The fourth-order valence-electron chi connectivity index (χ4n) is 5.11. The molecule has 0 unspecified atom stereocenters. The van der Waals surface area contributed by atoms with E-state index in [2.05, 4.69) is 26.8 Å². The van der Waals surface area contributed by atoms with E-state index in [0.717, 1.165) is 24.8 Å². The maximum absolute atomic E-state index is 11.1.